The molecule has 1 aliphatic rings. The Labute approximate surface area is 146 Å². The predicted octanol–water partition coefficient (Wildman–Crippen LogP) is 4.03. The second kappa shape index (κ2) is 6.43. The number of anilines is 1. The SMILES string of the molecule is Cc1nn(-c2cccc(F)c2)c2ncnc(N(C)C3CCCCC3)c12. The summed E-state index contributed by atoms with van der Waals surface area (Å²) in [5, 5.41) is 5.55. The first-order chi connectivity index (χ1) is 12.1. The third kappa shape index (κ3) is 2.86. The van der Waals surface area contributed by atoms with Crippen LogP contribution in [0.5, 0.6) is 0 Å². The van der Waals surface area contributed by atoms with E-state index in [1.54, 1.807) is 17.1 Å². The van der Waals surface area contributed by atoms with Crippen molar-refractivity contribution in [1.29, 1.82) is 0 Å². The summed E-state index contributed by atoms with van der Waals surface area (Å²) >= 11 is 0. The zero-order valence-corrected chi connectivity index (χ0v) is 14.6. The topological polar surface area (TPSA) is 46.8 Å². The molecule has 2 aromatic heterocycles. The average molecular weight is 339 g/mol. The largest absolute Gasteiger partial charge is 0.356 e. The van der Waals surface area contributed by atoms with Gasteiger partial charge in [0.15, 0.2) is 5.65 Å². The molecule has 0 saturated heterocycles. The Morgan fingerprint density at radius 2 is 1.96 bits per heavy atom. The summed E-state index contributed by atoms with van der Waals surface area (Å²) in [5.41, 5.74) is 2.25. The molecule has 1 saturated carbocycles. The molecule has 6 heteroatoms. The number of halogens is 1. The van der Waals surface area contributed by atoms with E-state index in [0.29, 0.717) is 11.7 Å². The molecule has 0 N–H and O–H groups in total. The predicted molar refractivity (Wildman–Crippen MR) is 96.6 cm³/mol. The standard InChI is InChI=1S/C19H22FN5/c1-13-17-18(24(2)15-8-4-3-5-9-15)21-12-22-19(17)25(23-13)16-10-6-7-14(20)11-16/h6-7,10-12,15H,3-5,8-9H2,1-2H3. The second-order valence-electron chi connectivity index (χ2n) is 6.78. The van der Waals surface area contributed by atoms with Crippen molar-refractivity contribution in [2.24, 2.45) is 0 Å². The third-order valence-corrected chi connectivity index (χ3v) is 5.13. The van der Waals surface area contributed by atoms with E-state index in [-0.39, 0.29) is 5.82 Å². The van der Waals surface area contributed by atoms with Gasteiger partial charge in [-0.05, 0) is 38.0 Å². The molecule has 0 radical (unpaired) electrons. The number of benzene rings is 1. The first-order valence-corrected chi connectivity index (χ1v) is 8.84. The maximum absolute atomic E-state index is 13.6. The Morgan fingerprint density at radius 1 is 1.16 bits per heavy atom. The lowest BCUT2D eigenvalue weighted by atomic mass is 9.94. The minimum absolute atomic E-state index is 0.285. The van der Waals surface area contributed by atoms with Crippen molar-refractivity contribution in [3.8, 4) is 5.69 Å². The number of fused-ring (bicyclic) bond motifs is 1. The van der Waals surface area contributed by atoms with Gasteiger partial charge in [-0.25, -0.2) is 19.0 Å². The van der Waals surface area contributed by atoms with Gasteiger partial charge in [-0.2, -0.15) is 5.10 Å². The van der Waals surface area contributed by atoms with Crippen molar-refractivity contribution >= 4 is 16.9 Å². The molecule has 0 unspecified atom stereocenters. The van der Waals surface area contributed by atoms with E-state index in [1.807, 2.05) is 13.0 Å². The van der Waals surface area contributed by atoms with E-state index >= 15 is 0 Å². The lowest BCUT2D eigenvalue weighted by Crippen LogP contribution is -2.34. The summed E-state index contributed by atoms with van der Waals surface area (Å²) in [7, 11) is 2.11. The molecule has 0 amide bonds. The van der Waals surface area contributed by atoms with Gasteiger partial charge in [0, 0.05) is 13.1 Å². The summed E-state index contributed by atoms with van der Waals surface area (Å²) in [6.45, 7) is 1.96. The van der Waals surface area contributed by atoms with Crippen molar-refractivity contribution in [3.05, 3.63) is 42.1 Å². The number of aromatic nitrogens is 4. The summed E-state index contributed by atoms with van der Waals surface area (Å²) in [4.78, 5) is 11.3. The molecule has 25 heavy (non-hydrogen) atoms. The van der Waals surface area contributed by atoms with Gasteiger partial charge >= 0.3 is 0 Å². The van der Waals surface area contributed by atoms with Crippen LogP contribution in [0.1, 0.15) is 37.8 Å². The van der Waals surface area contributed by atoms with E-state index in [0.717, 1.165) is 22.5 Å². The van der Waals surface area contributed by atoms with Crippen LogP contribution in [-0.4, -0.2) is 32.8 Å². The Balaban J connectivity index is 1.82. The number of rotatable bonds is 3. The Bertz CT molecular complexity index is 898. The second-order valence-corrected chi connectivity index (χ2v) is 6.78. The molecule has 130 valence electrons. The smallest absolute Gasteiger partial charge is 0.168 e. The first-order valence-electron chi connectivity index (χ1n) is 8.84. The van der Waals surface area contributed by atoms with Crippen molar-refractivity contribution in [2.75, 3.05) is 11.9 Å². The Kier molecular flexibility index (Phi) is 4.11. The highest BCUT2D eigenvalue weighted by Crippen LogP contribution is 2.31. The van der Waals surface area contributed by atoms with Crippen molar-refractivity contribution in [1.82, 2.24) is 19.7 Å². The molecule has 3 aromatic rings. The monoisotopic (exact) mass is 339 g/mol. The highest BCUT2D eigenvalue weighted by atomic mass is 19.1. The molecular weight excluding hydrogens is 317 g/mol. The van der Waals surface area contributed by atoms with Crippen LogP contribution in [-0.2, 0) is 0 Å². The minimum atomic E-state index is -0.285. The van der Waals surface area contributed by atoms with Crippen molar-refractivity contribution in [3.63, 3.8) is 0 Å². The van der Waals surface area contributed by atoms with Crippen LogP contribution in [0.3, 0.4) is 0 Å². The van der Waals surface area contributed by atoms with Crippen molar-refractivity contribution < 1.29 is 4.39 Å². The molecule has 2 heterocycles. The molecule has 0 aliphatic heterocycles. The lowest BCUT2D eigenvalue weighted by molar-refractivity contribution is 0.426. The van der Waals surface area contributed by atoms with Crippen LogP contribution < -0.4 is 4.90 Å². The van der Waals surface area contributed by atoms with E-state index < -0.39 is 0 Å². The van der Waals surface area contributed by atoms with Crippen LogP contribution in [0.25, 0.3) is 16.7 Å². The third-order valence-electron chi connectivity index (χ3n) is 5.13. The Hall–Kier alpha value is -2.50. The van der Waals surface area contributed by atoms with E-state index in [2.05, 4.69) is 27.0 Å². The zero-order chi connectivity index (χ0) is 17.4. The minimum Gasteiger partial charge on any atom is -0.356 e. The quantitative estimate of drug-likeness (QED) is 0.723. The van der Waals surface area contributed by atoms with Gasteiger partial charge in [0.05, 0.1) is 16.8 Å². The molecule has 1 aromatic carbocycles. The van der Waals surface area contributed by atoms with E-state index in [1.165, 1.54) is 44.2 Å². The fraction of sp³-hybridized carbons (Fsp3) is 0.421. The average Bonchev–Trinajstić information content (AvgIpc) is 2.99. The molecule has 1 fully saturated rings. The maximum Gasteiger partial charge on any atom is 0.168 e. The van der Waals surface area contributed by atoms with Gasteiger partial charge < -0.3 is 4.90 Å². The molecular formula is C19H22FN5. The normalized spacial score (nSPS) is 15.6. The fourth-order valence-corrected chi connectivity index (χ4v) is 3.80. The number of nitrogens with zero attached hydrogens (tertiary/aromatic N) is 5. The molecule has 0 atom stereocenters. The van der Waals surface area contributed by atoms with Gasteiger partial charge in [-0.3, -0.25) is 0 Å². The van der Waals surface area contributed by atoms with E-state index in [9.17, 15) is 4.39 Å². The summed E-state index contributed by atoms with van der Waals surface area (Å²) < 4.78 is 15.3. The van der Waals surface area contributed by atoms with Gasteiger partial charge in [-0.15, -0.1) is 0 Å². The van der Waals surface area contributed by atoms with Gasteiger partial charge in [0.1, 0.15) is 18.0 Å². The summed E-state index contributed by atoms with van der Waals surface area (Å²) in [6, 6.07) is 6.92. The molecule has 1 aliphatic carbocycles. The van der Waals surface area contributed by atoms with Crippen LogP contribution in [0.4, 0.5) is 10.2 Å². The lowest BCUT2D eigenvalue weighted by Gasteiger charge is -2.32. The molecule has 5 nitrogen and oxygen atoms in total. The van der Waals surface area contributed by atoms with E-state index in [4.69, 9.17) is 0 Å². The van der Waals surface area contributed by atoms with Crippen LogP contribution >= 0.6 is 0 Å². The Morgan fingerprint density at radius 3 is 2.72 bits per heavy atom. The number of aryl methyl sites for hydroxylation is 1. The zero-order valence-electron chi connectivity index (χ0n) is 14.6. The highest BCUT2D eigenvalue weighted by molar-refractivity contribution is 5.90. The number of hydrogen-bond donors (Lipinski definition) is 0. The summed E-state index contributed by atoms with van der Waals surface area (Å²) in [6.07, 6.45) is 7.82. The van der Waals surface area contributed by atoms with Crippen LogP contribution in [0.2, 0.25) is 0 Å². The van der Waals surface area contributed by atoms with Gasteiger partial charge in [-0.1, -0.05) is 25.3 Å². The first kappa shape index (κ1) is 16.0. The molecule has 0 bridgehead atoms. The molecule has 0 spiro atoms. The van der Waals surface area contributed by atoms with Crippen LogP contribution in [0, 0.1) is 12.7 Å². The van der Waals surface area contributed by atoms with Gasteiger partial charge in [0.25, 0.3) is 0 Å². The van der Waals surface area contributed by atoms with Gasteiger partial charge in [0.2, 0.25) is 0 Å². The van der Waals surface area contributed by atoms with Crippen LogP contribution in [0.15, 0.2) is 30.6 Å². The number of hydrogen-bond acceptors (Lipinski definition) is 4. The summed E-state index contributed by atoms with van der Waals surface area (Å²) in [5.74, 6) is 0.629. The maximum atomic E-state index is 13.6. The highest BCUT2D eigenvalue weighted by Gasteiger charge is 2.23. The molecule has 4 rings (SSSR count). The fourth-order valence-electron chi connectivity index (χ4n) is 3.80. The van der Waals surface area contributed by atoms with Crippen molar-refractivity contribution in [2.45, 2.75) is 45.1 Å².